The van der Waals surface area contributed by atoms with Crippen molar-refractivity contribution in [2.75, 3.05) is 6.54 Å². The van der Waals surface area contributed by atoms with E-state index in [9.17, 15) is 14.4 Å². The van der Waals surface area contributed by atoms with Crippen LogP contribution in [0.4, 0.5) is 4.79 Å². The molecule has 100 valence electrons. The van der Waals surface area contributed by atoms with Gasteiger partial charge in [-0.1, -0.05) is 0 Å². The maximum Gasteiger partial charge on any atom is 0.331 e. The molecular formula is C12H18N2O4. The Hall–Kier alpha value is -1.85. The third-order valence-electron chi connectivity index (χ3n) is 3.03. The minimum Gasteiger partial charge on any atom is -0.478 e. The normalized spacial score (nSPS) is 15.7. The maximum absolute atomic E-state index is 11.8. The van der Waals surface area contributed by atoms with Crippen LogP contribution in [0.2, 0.25) is 0 Å². The predicted octanol–water partition coefficient (Wildman–Crippen LogP) is 1.13. The summed E-state index contributed by atoms with van der Waals surface area (Å²) in [6.45, 7) is 5.09. The largest absolute Gasteiger partial charge is 0.478 e. The van der Waals surface area contributed by atoms with Crippen LogP contribution >= 0.6 is 0 Å². The molecule has 0 spiro atoms. The van der Waals surface area contributed by atoms with E-state index in [1.54, 1.807) is 4.90 Å². The van der Waals surface area contributed by atoms with Crippen LogP contribution < -0.4 is 5.32 Å². The molecule has 0 saturated heterocycles. The lowest BCUT2D eigenvalue weighted by Crippen LogP contribution is -2.44. The molecule has 0 aromatic rings. The summed E-state index contributed by atoms with van der Waals surface area (Å²) < 4.78 is 0. The van der Waals surface area contributed by atoms with E-state index in [1.807, 2.05) is 6.92 Å². The Morgan fingerprint density at radius 2 is 1.78 bits per heavy atom. The fraction of sp³-hybridized carbons (Fsp3) is 0.583. The van der Waals surface area contributed by atoms with E-state index in [1.165, 1.54) is 13.8 Å². The summed E-state index contributed by atoms with van der Waals surface area (Å²) in [5.41, 5.74) is -0.0162. The minimum absolute atomic E-state index is 0.0442. The van der Waals surface area contributed by atoms with Crippen molar-refractivity contribution in [3.63, 3.8) is 0 Å². The number of nitrogens with one attached hydrogen (secondary N) is 1. The Morgan fingerprint density at radius 3 is 2.17 bits per heavy atom. The molecule has 1 aliphatic carbocycles. The van der Waals surface area contributed by atoms with E-state index in [4.69, 9.17) is 5.11 Å². The lowest BCUT2D eigenvalue weighted by atomic mass is 10.1. The highest BCUT2D eigenvalue weighted by molar-refractivity contribution is 6.07. The Bertz CT molecular complexity index is 410. The molecule has 0 unspecified atom stereocenters. The van der Waals surface area contributed by atoms with Crippen LogP contribution in [0.5, 0.6) is 0 Å². The molecule has 0 bridgehead atoms. The first-order valence-electron chi connectivity index (χ1n) is 5.91. The van der Waals surface area contributed by atoms with Gasteiger partial charge in [0.1, 0.15) is 0 Å². The summed E-state index contributed by atoms with van der Waals surface area (Å²) in [5.74, 6) is -1.82. The molecular weight excluding hydrogens is 236 g/mol. The number of carbonyl (C=O) groups excluding carboxylic acids is 2. The van der Waals surface area contributed by atoms with E-state index in [0.717, 1.165) is 12.8 Å². The van der Waals surface area contributed by atoms with Crippen molar-refractivity contribution in [3.8, 4) is 0 Å². The van der Waals surface area contributed by atoms with Crippen molar-refractivity contribution in [3.05, 3.63) is 11.1 Å². The number of carboxylic acids is 1. The molecule has 0 aromatic heterocycles. The van der Waals surface area contributed by atoms with Gasteiger partial charge in [-0.15, -0.1) is 0 Å². The van der Waals surface area contributed by atoms with Gasteiger partial charge < -0.3 is 10.0 Å². The van der Waals surface area contributed by atoms with Gasteiger partial charge in [0.25, 0.3) is 5.91 Å². The van der Waals surface area contributed by atoms with Gasteiger partial charge in [0, 0.05) is 23.7 Å². The molecule has 0 heterocycles. The monoisotopic (exact) mass is 254 g/mol. The zero-order valence-electron chi connectivity index (χ0n) is 10.8. The lowest BCUT2D eigenvalue weighted by Gasteiger charge is -2.20. The topological polar surface area (TPSA) is 86.7 Å². The van der Waals surface area contributed by atoms with E-state index in [0.29, 0.717) is 6.54 Å². The maximum atomic E-state index is 11.8. The van der Waals surface area contributed by atoms with Crippen LogP contribution in [0.25, 0.3) is 0 Å². The Morgan fingerprint density at radius 1 is 1.22 bits per heavy atom. The van der Waals surface area contributed by atoms with Crippen molar-refractivity contribution in [1.82, 2.24) is 10.2 Å². The van der Waals surface area contributed by atoms with Gasteiger partial charge in [-0.05, 0) is 33.6 Å². The molecule has 18 heavy (non-hydrogen) atoms. The van der Waals surface area contributed by atoms with E-state index >= 15 is 0 Å². The van der Waals surface area contributed by atoms with Crippen molar-refractivity contribution in [1.29, 1.82) is 0 Å². The molecule has 1 saturated carbocycles. The number of carbonyl (C=O) groups is 3. The molecule has 3 amide bonds. The third kappa shape index (κ3) is 3.32. The summed E-state index contributed by atoms with van der Waals surface area (Å²) >= 11 is 0. The number of hydrogen-bond acceptors (Lipinski definition) is 3. The minimum atomic E-state index is -1.16. The highest BCUT2D eigenvalue weighted by Gasteiger charge is 2.32. The molecule has 0 aliphatic heterocycles. The summed E-state index contributed by atoms with van der Waals surface area (Å²) in [6, 6.07) is -0.241. The van der Waals surface area contributed by atoms with Crippen LogP contribution in [0.3, 0.4) is 0 Å². The number of amides is 3. The van der Waals surface area contributed by atoms with Crippen molar-refractivity contribution in [2.24, 2.45) is 0 Å². The van der Waals surface area contributed by atoms with Crippen LogP contribution in [0, 0.1) is 0 Å². The number of urea groups is 1. The predicted molar refractivity (Wildman–Crippen MR) is 65.0 cm³/mol. The highest BCUT2D eigenvalue weighted by atomic mass is 16.4. The molecule has 1 rings (SSSR count). The van der Waals surface area contributed by atoms with Crippen LogP contribution in [0.1, 0.15) is 33.6 Å². The van der Waals surface area contributed by atoms with Gasteiger partial charge in [0.2, 0.25) is 0 Å². The fourth-order valence-electron chi connectivity index (χ4n) is 1.55. The van der Waals surface area contributed by atoms with Gasteiger partial charge in [0.15, 0.2) is 0 Å². The van der Waals surface area contributed by atoms with Crippen molar-refractivity contribution in [2.45, 2.75) is 39.7 Å². The third-order valence-corrected chi connectivity index (χ3v) is 3.03. The zero-order chi connectivity index (χ0) is 13.9. The smallest absolute Gasteiger partial charge is 0.331 e. The average molecular weight is 254 g/mol. The second kappa shape index (κ2) is 5.66. The van der Waals surface area contributed by atoms with Gasteiger partial charge in [-0.25, -0.2) is 9.59 Å². The number of aliphatic carboxylic acids is 1. The Labute approximate surface area is 106 Å². The number of nitrogens with zero attached hydrogens (tertiary/aromatic N) is 1. The van der Waals surface area contributed by atoms with E-state index < -0.39 is 17.9 Å². The van der Waals surface area contributed by atoms with E-state index in [2.05, 4.69) is 5.32 Å². The van der Waals surface area contributed by atoms with Gasteiger partial charge in [0.05, 0.1) is 0 Å². The van der Waals surface area contributed by atoms with E-state index in [-0.39, 0.29) is 17.2 Å². The molecule has 0 radical (unpaired) electrons. The molecule has 6 heteroatoms. The number of hydrogen-bond donors (Lipinski definition) is 2. The molecule has 0 atom stereocenters. The second-order valence-electron chi connectivity index (χ2n) is 4.33. The molecule has 1 aliphatic rings. The summed E-state index contributed by atoms with van der Waals surface area (Å²) in [5, 5.41) is 11.0. The highest BCUT2D eigenvalue weighted by Crippen LogP contribution is 2.26. The first-order valence-corrected chi connectivity index (χ1v) is 5.91. The standard InChI is InChI=1S/C12H18N2O4/c1-4-14(9-5-6-9)12(18)13-10(15)7(2)8(3)11(16)17/h9H,4-6H2,1-3H3,(H,16,17)(H,13,15,18). The average Bonchev–Trinajstić information content (AvgIpc) is 3.12. The van der Waals surface area contributed by atoms with Crippen molar-refractivity contribution >= 4 is 17.9 Å². The molecule has 6 nitrogen and oxygen atoms in total. The first-order chi connectivity index (χ1) is 8.38. The number of imide groups is 1. The van der Waals surface area contributed by atoms with Gasteiger partial charge in [-0.3, -0.25) is 10.1 Å². The number of rotatable bonds is 4. The molecule has 2 N–H and O–H groups in total. The number of carboxylic acid groups (broad SMARTS) is 1. The molecule has 1 fully saturated rings. The molecule has 0 aromatic carbocycles. The van der Waals surface area contributed by atoms with Crippen LogP contribution in [-0.2, 0) is 9.59 Å². The van der Waals surface area contributed by atoms with Crippen LogP contribution in [0.15, 0.2) is 11.1 Å². The second-order valence-corrected chi connectivity index (χ2v) is 4.33. The Kier molecular flexibility index (Phi) is 4.47. The Balaban J connectivity index is 2.67. The van der Waals surface area contributed by atoms with Gasteiger partial charge in [-0.2, -0.15) is 0 Å². The quantitative estimate of drug-likeness (QED) is 0.736. The lowest BCUT2D eigenvalue weighted by molar-refractivity contribution is -0.133. The summed E-state index contributed by atoms with van der Waals surface area (Å²) in [7, 11) is 0. The first kappa shape index (κ1) is 14.2. The van der Waals surface area contributed by atoms with Gasteiger partial charge >= 0.3 is 12.0 Å². The zero-order valence-corrected chi connectivity index (χ0v) is 10.8. The summed E-state index contributed by atoms with van der Waals surface area (Å²) in [4.78, 5) is 35.8. The van der Waals surface area contributed by atoms with Crippen LogP contribution in [-0.4, -0.2) is 40.5 Å². The fourth-order valence-corrected chi connectivity index (χ4v) is 1.55. The van der Waals surface area contributed by atoms with Crippen molar-refractivity contribution < 1.29 is 19.5 Å². The SMILES string of the molecule is CCN(C(=O)NC(=O)C(C)=C(C)C(=O)O)C1CC1. The summed E-state index contributed by atoms with van der Waals surface area (Å²) in [6.07, 6.45) is 1.91.